The van der Waals surface area contributed by atoms with Crippen molar-refractivity contribution in [2.45, 2.75) is 6.54 Å². The maximum absolute atomic E-state index is 11.4. The van der Waals surface area contributed by atoms with Crippen molar-refractivity contribution < 1.29 is 14.3 Å². The van der Waals surface area contributed by atoms with Gasteiger partial charge in [0.25, 0.3) is 0 Å². The predicted octanol–water partition coefficient (Wildman–Crippen LogP) is 0.786. The van der Waals surface area contributed by atoms with E-state index in [-0.39, 0.29) is 12.5 Å². The molecule has 5 heteroatoms. The van der Waals surface area contributed by atoms with Crippen molar-refractivity contribution in [3.63, 3.8) is 0 Å². The fraction of sp³-hybridized carbons (Fsp3) is 0.500. The number of benzene rings is 1. The normalized spacial score (nSPS) is 15.3. The lowest BCUT2D eigenvalue weighted by atomic mass is 10.1. The number of para-hydroxylation sites is 1. The van der Waals surface area contributed by atoms with E-state index in [1.165, 1.54) is 12.8 Å². The molecule has 5 nitrogen and oxygen atoms in total. The first-order chi connectivity index (χ1) is 9.31. The van der Waals surface area contributed by atoms with E-state index < -0.39 is 0 Å². The van der Waals surface area contributed by atoms with E-state index in [9.17, 15) is 4.79 Å². The number of ether oxygens (including phenoxy) is 2. The summed E-state index contributed by atoms with van der Waals surface area (Å²) >= 11 is 0. The van der Waals surface area contributed by atoms with Crippen LogP contribution >= 0.6 is 0 Å². The van der Waals surface area contributed by atoms with Gasteiger partial charge >= 0.3 is 0 Å². The number of amides is 1. The smallest absolute Gasteiger partial charge is 0.246 e. The Morgan fingerprint density at radius 2 is 2.11 bits per heavy atom. The minimum Gasteiger partial charge on any atom is -0.378 e. The molecule has 0 bridgehead atoms. The van der Waals surface area contributed by atoms with E-state index in [0.717, 1.165) is 31.9 Å². The summed E-state index contributed by atoms with van der Waals surface area (Å²) in [5, 5.41) is 2.86. The molecular weight excluding hydrogens is 244 g/mol. The van der Waals surface area contributed by atoms with Crippen LogP contribution < -0.4 is 10.2 Å². The van der Waals surface area contributed by atoms with Crippen molar-refractivity contribution in [3.05, 3.63) is 29.8 Å². The summed E-state index contributed by atoms with van der Waals surface area (Å²) in [4.78, 5) is 13.7. The van der Waals surface area contributed by atoms with Crippen LogP contribution in [0.5, 0.6) is 0 Å². The maximum Gasteiger partial charge on any atom is 0.246 e. The summed E-state index contributed by atoms with van der Waals surface area (Å²) in [6, 6.07) is 8.13. The Kier molecular flexibility index (Phi) is 5.18. The molecule has 104 valence electrons. The van der Waals surface area contributed by atoms with Crippen molar-refractivity contribution in [2.24, 2.45) is 0 Å². The molecule has 2 rings (SSSR count). The Morgan fingerprint density at radius 1 is 1.37 bits per heavy atom. The first kappa shape index (κ1) is 13.8. The number of hydrogen-bond acceptors (Lipinski definition) is 4. The summed E-state index contributed by atoms with van der Waals surface area (Å²) in [6.45, 7) is 3.91. The number of hydrogen-bond donors (Lipinski definition) is 1. The van der Waals surface area contributed by atoms with Gasteiger partial charge < -0.3 is 19.7 Å². The lowest BCUT2D eigenvalue weighted by Crippen LogP contribution is -2.37. The lowest BCUT2D eigenvalue weighted by Gasteiger charge is -2.30. The third-order valence-corrected chi connectivity index (χ3v) is 3.09. The number of anilines is 1. The average molecular weight is 264 g/mol. The van der Waals surface area contributed by atoms with Crippen molar-refractivity contribution >= 4 is 11.6 Å². The van der Waals surface area contributed by atoms with Crippen molar-refractivity contribution in [1.29, 1.82) is 0 Å². The van der Waals surface area contributed by atoms with Crippen molar-refractivity contribution in [3.8, 4) is 0 Å². The highest BCUT2D eigenvalue weighted by Crippen LogP contribution is 2.21. The molecule has 0 unspecified atom stereocenters. The van der Waals surface area contributed by atoms with E-state index in [1.54, 1.807) is 0 Å². The molecule has 0 atom stereocenters. The van der Waals surface area contributed by atoms with E-state index >= 15 is 0 Å². The van der Waals surface area contributed by atoms with Crippen LogP contribution in [0, 0.1) is 0 Å². The number of carbonyl (C=O) groups is 1. The maximum atomic E-state index is 11.4. The summed E-state index contributed by atoms with van der Waals surface area (Å²) in [7, 11) is 1.52. The number of carbonyl (C=O) groups excluding carboxylic acids is 1. The van der Waals surface area contributed by atoms with Gasteiger partial charge in [-0.15, -0.1) is 0 Å². The molecule has 1 aromatic carbocycles. The number of morpholine rings is 1. The molecule has 1 aliphatic heterocycles. The first-order valence-corrected chi connectivity index (χ1v) is 6.47. The van der Waals surface area contributed by atoms with Crippen molar-refractivity contribution in [2.75, 3.05) is 44.9 Å². The Labute approximate surface area is 113 Å². The zero-order valence-electron chi connectivity index (χ0n) is 11.2. The minimum atomic E-state index is -0.0979. The van der Waals surface area contributed by atoms with Crippen LogP contribution in [0.2, 0.25) is 0 Å². The standard InChI is InChI=1S/C14H20N2O3/c1-18-11-14(17)15-10-12-4-2-3-5-13(12)16-6-8-19-9-7-16/h2-5H,6-11H2,1H3,(H,15,17). The molecule has 0 saturated carbocycles. The molecule has 1 aliphatic rings. The zero-order valence-corrected chi connectivity index (χ0v) is 11.2. The van der Waals surface area contributed by atoms with E-state index in [0.29, 0.717) is 6.54 Å². The van der Waals surface area contributed by atoms with Gasteiger partial charge in [0.2, 0.25) is 5.91 Å². The molecule has 1 aromatic rings. The van der Waals surface area contributed by atoms with Gasteiger partial charge in [0.05, 0.1) is 13.2 Å². The van der Waals surface area contributed by atoms with E-state index in [1.807, 2.05) is 18.2 Å². The molecule has 1 N–H and O–H groups in total. The third kappa shape index (κ3) is 3.94. The quantitative estimate of drug-likeness (QED) is 0.854. The van der Waals surface area contributed by atoms with Crippen molar-refractivity contribution in [1.82, 2.24) is 5.32 Å². The second kappa shape index (κ2) is 7.11. The highest BCUT2D eigenvalue weighted by atomic mass is 16.5. The second-order valence-corrected chi connectivity index (χ2v) is 4.44. The molecule has 0 aliphatic carbocycles. The van der Waals surface area contributed by atoms with Gasteiger partial charge in [-0.2, -0.15) is 0 Å². The van der Waals surface area contributed by atoms with Crippen LogP contribution in [0.4, 0.5) is 5.69 Å². The molecular formula is C14H20N2O3. The summed E-state index contributed by atoms with van der Waals surface area (Å²) in [6.07, 6.45) is 0. The van der Waals surface area contributed by atoms with Gasteiger partial charge in [0.15, 0.2) is 0 Å². The number of nitrogens with zero attached hydrogens (tertiary/aromatic N) is 1. The topological polar surface area (TPSA) is 50.8 Å². The summed E-state index contributed by atoms with van der Waals surface area (Å²) in [5.74, 6) is -0.0979. The van der Waals surface area contributed by atoms with Crippen LogP contribution in [0.25, 0.3) is 0 Å². The minimum absolute atomic E-state index is 0.0969. The molecule has 0 spiro atoms. The first-order valence-electron chi connectivity index (χ1n) is 6.47. The highest BCUT2D eigenvalue weighted by molar-refractivity contribution is 5.77. The van der Waals surface area contributed by atoms with Crippen LogP contribution in [-0.2, 0) is 20.8 Å². The predicted molar refractivity (Wildman–Crippen MR) is 73.2 cm³/mol. The molecule has 1 heterocycles. The number of rotatable bonds is 5. The van der Waals surface area contributed by atoms with Gasteiger partial charge in [-0.05, 0) is 11.6 Å². The SMILES string of the molecule is COCC(=O)NCc1ccccc1N1CCOCC1. The molecule has 1 saturated heterocycles. The average Bonchev–Trinajstić information content (AvgIpc) is 2.47. The number of methoxy groups -OCH3 is 1. The fourth-order valence-corrected chi connectivity index (χ4v) is 2.15. The molecule has 1 amide bonds. The second-order valence-electron chi connectivity index (χ2n) is 4.44. The van der Waals surface area contributed by atoms with Gasteiger partial charge in [-0.1, -0.05) is 18.2 Å². The largest absolute Gasteiger partial charge is 0.378 e. The van der Waals surface area contributed by atoms with Gasteiger partial charge in [0, 0.05) is 32.4 Å². The third-order valence-electron chi connectivity index (χ3n) is 3.09. The summed E-state index contributed by atoms with van der Waals surface area (Å²) < 4.78 is 10.2. The van der Waals surface area contributed by atoms with Crippen LogP contribution in [-0.4, -0.2) is 45.9 Å². The summed E-state index contributed by atoms with van der Waals surface area (Å²) in [5.41, 5.74) is 2.29. The highest BCUT2D eigenvalue weighted by Gasteiger charge is 2.14. The monoisotopic (exact) mass is 264 g/mol. The number of nitrogens with one attached hydrogen (secondary N) is 1. The Morgan fingerprint density at radius 3 is 2.84 bits per heavy atom. The van der Waals surface area contributed by atoms with Gasteiger partial charge in [-0.25, -0.2) is 0 Å². The fourth-order valence-electron chi connectivity index (χ4n) is 2.15. The molecule has 0 radical (unpaired) electrons. The van der Waals surface area contributed by atoms with Crippen LogP contribution in [0.3, 0.4) is 0 Å². The van der Waals surface area contributed by atoms with Gasteiger partial charge in [0.1, 0.15) is 6.61 Å². The zero-order chi connectivity index (χ0) is 13.5. The van der Waals surface area contributed by atoms with Gasteiger partial charge in [-0.3, -0.25) is 4.79 Å². The lowest BCUT2D eigenvalue weighted by molar-refractivity contribution is -0.124. The Balaban J connectivity index is 2.01. The Hall–Kier alpha value is -1.59. The van der Waals surface area contributed by atoms with Crippen LogP contribution in [0.1, 0.15) is 5.56 Å². The van der Waals surface area contributed by atoms with E-state index in [4.69, 9.17) is 9.47 Å². The molecule has 0 aromatic heterocycles. The molecule has 1 fully saturated rings. The Bertz CT molecular complexity index is 417. The van der Waals surface area contributed by atoms with Crippen LogP contribution in [0.15, 0.2) is 24.3 Å². The van der Waals surface area contributed by atoms with E-state index in [2.05, 4.69) is 16.3 Å². The molecule has 19 heavy (non-hydrogen) atoms.